The molecule has 136 valence electrons. The first kappa shape index (κ1) is 17.8. The van der Waals surface area contributed by atoms with Crippen molar-refractivity contribution < 1.29 is 4.74 Å². The van der Waals surface area contributed by atoms with E-state index in [1.165, 1.54) is 4.70 Å². The van der Waals surface area contributed by atoms with E-state index in [4.69, 9.17) is 9.72 Å². The van der Waals surface area contributed by atoms with E-state index in [2.05, 4.69) is 27.4 Å². The number of aromatic nitrogens is 4. The molecule has 0 saturated heterocycles. The first-order chi connectivity index (χ1) is 13.3. The van der Waals surface area contributed by atoms with Crippen molar-refractivity contribution in [2.75, 3.05) is 7.11 Å². The highest BCUT2D eigenvalue weighted by Gasteiger charge is 2.14. The summed E-state index contributed by atoms with van der Waals surface area (Å²) in [4.78, 5) is 4.69. The van der Waals surface area contributed by atoms with Gasteiger partial charge in [-0.05, 0) is 36.4 Å². The van der Waals surface area contributed by atoms with Gasteiger partial charge in [-0.3, -0.25) is 4.57 Å². The second-order valence-electron chi connectivity index (χ2n) is 5.80. The fourth-order valence-corrected chi connectivity index (χ4v) is 4.66. The van der Waals surface area contributed by atoms with Gasteiger partial charge in [0.1, 0.15) is 10.8 Å². The molecule has 0 spiro atoms. The van der Waals surface area contributed by atoms with Crippen molar-refractivity contribution in [3.63, 3.8) is 0 Å². The van der Waals surface area contributed by atoms with Gasteiger partial charge in [0.2, 0.25) is 0 Å². The summed E-state index contributed by atoms with van der Waals surface area (Å²) in [5, 5.41) is 10.7. The molecule has 27 heavy (non-hydrogen) atoms. The van der Waals surface area contributed by atoms with Crippen LogP contribution in [-0.4, -0.2) is 26.9 Å². The van der Waals surface area contributed by atoms with E-state index in [0.717, 1.165) is 38.6 Å². The van der Waals surface area contributed by atoms with Crippen LogP contribution in [0.2, 0.25) is 0 Å². The standard InChI is InChI=1S/C20H18N4OS2/c1-3-12-24-19(14-8-10-15(25-2)11-9-14)22-23-20(24)26-13-18-21-16-6-4-5-7-17(16)27-18/h3-11H,1,12-13H2,2H3. The van der Waals surface area contributed by atoms with Crippen molar-refractivity contribution in [3.05, 3.63) is 66.2 Å². The number of fused-ring (bicyclic) bond motifs is 1. The van der Waals surface area contributed by atoms with Crippen LogP contribution in [0, 0.1) is 0 Å². The maximum Gasteiger partial charge on any atom is 0.192 e. The maximum atomic E-state index is 5.23. The molecule has 0 atom stereocenters. The third-order valence-electron chi connectivity index (χ3n) is 4.04. The minimum Gasteiger partial charge on any atom is -0.497 e. The van der Waals surface area contributed by atoms with Gasteiger partial charge in [-0.2, -0.15) is 0 Å². The second-order valence-corrected chi connectivity index (χ2v) is 7.86. The predicted molar refractivity (Wildman–Crippen MR) is 111 cm³/mol. The topological polar surface area (TPSA) is 52.8 Å². The number of benzene rings is 2. The Morgan fingerprint density at radius 3 is 2.70 bits per heavy atom. The van der Waals surface area contributed by atoms with E-state index < -0.39 is 0 Å². The summed E-state index contributed by atoms with van der Waals surface area (Å²) in [6.07, 6.45) is 1.86. The minimum atomic E-state index is 0.649. The number of nitrogens with zero attached hydrogens (tertiary/aromatic N) is 4. The number of methoxy groups -OCH3 is 1. The van der Waals surface area contributed by atoms with Crippen molar-refractivity contribution >= 4 is 33.3 Å². The highest BCUT2D eigenvalue weighted by atomic mass is 32.2. The fourth-order valence-electron chi connectivity index (χ4n) is 2.75. The molecule has 2 aromatic heterocycles. The normalized spacial score (nSPS) is 11.0. The molecule has 0 amide bonds. The minimum absolute atomic E-state index is 0.649. The van der Waals surface area contributed by atoms with E-state index in [1.54, 1.807) is 30.2 Å². The maximum absolute atomic E-state index is 5.23. The van der Waals surface area contributed by atoms with Crippen LogP contribution in [-0.2, 0) is 12.3 Å². The molecule has 0 radical (unpaired) electrons. The van der Waals surface area contributed by atoms with Crippen LogP contribution in [0.1, 0.15) is 5.01 Å². The van der Waals surface area contributed by atoms with Crippen LogP contribution >= 0.6 is 23.1 Å². The third kappa shape index (κ3) is 3.74. The van der Waals surface area contributed by atoms with Gasteiger partial charge in [0.25, 0.3) is 0 Å². The van der Waals surface area contributed by atoms with E-state index in [1.807, 2.05) is 48.5 Å². The lowest BCUT2D eigenvalue weighted by molar-refractivity contribution is 0.415. The summed E-state index contributed by atoms with van der Waals surface area (Å²) in [7, 11) is 1.66. The first-order valence-corrected chi connectivity index (χ1v) is 10.2. The Bertz CT molecular complexity index is 1040. The van der Waals surface area contributed by atoms with E-state index in [0.29, 0.717) is 6.54 Å². The Morgan fingerprint density at radius 2 is 1.96 bits per heavy atom. The molecule has 4 rings (SSSR count). The van der Waals surface area contributed by atoms with Crippen LogP contribution in [0.4, 0.5) is 0 Å². The average Bonchev–Trinajstić information content (AvgIpc) is 3.30. The summed E-state index contributed by atoms with van der Waals surface area (Å²) in [5.74, 6) is 2.40. The number of ether oxygens (including phenoxy) is 1. The number of hydrogen-bond donors (Lipinski definition) is 0. The highest BCUT2D eigenvalue weighted by Crippen LogP contribution is 2.30. The number of thioether (sulfide) groups is 1. The number of thiazole rings is 1. The molecule has 0 bridgehead atoms. The molecule has 0 aliphatic carbocycles. The quantitative estimate of drug-likeness (QED) is 0.325. The monoisotopic (exact) mass is 394 g/mol. The summed E-state index contributed by atoms with van der Waals surface area (Å²) in [6.45, 7) is 4.52. The molecule has 0 aliphatic heterocycles. The van der Waals surface area contributed by atoms with Crippen molar-refractivity contribution in [1.29, 1.82) is 0 Å². The van der Waals surface area contributed by atoms with Gasteiger partial charge in [0, 0.05) is 12.1 Å². The fraction of sp³-hybridized carbons (Fsp3) is 0.150. The van der Waals surface area contributed by atoms with Crippen molar-refractivity contribution in [2.45, 2.75) is 17.5 Å². The van der Waals surface area contributed by atoms with Crippen LogP contribution < -0.4 is 4.74 Å². The summed E-state index contributed by atoms with van der Waals surface area (Å²) in [5.41, 5.74) is 2.04. The summed E-state index contributed by atoms with van der Waals surface area (Å²) < 4.78 is 8.52. The third-order valence-corrected chi connectivity index (χ3v) is 6.24. The molecule has 0 aliphatic rings. The van der Waals surface area contributed by atoms with Gasteiger partial charge < -0.3 is 4.74 Å². The molecular weight excluding hydrogens is 376 g/mol. The smallest absolute Gasteiger partial charge is 0.192 e. The molecule has 7 heteroatoms. The van der Waals surface area contributed by atoms with Gasteiger partial charge in [0.05, 0.1) is 23.1 Å². The number of para-hydroxylation sites is 1. The molecule has 0 N–H and O–H groups in total. The largest absolute Gasteiger partial charge is 0.497 e. The van der Waals surface area contributed by atoms with Crippen molar-refractivity contribution in [3.8, 4) is 17.1 Å². The number of allylic oxidation sites excluding steroid dienone is 1. The molecule has 0 saturated carbocycles. The van der Waals surface area contributed by atoms with Gasteiger partial charge >= 0.3 is 0 Å². The molecule has 2 aromatic carbocycles. The molecule has 4 aromatic rings. The van der Waals surface area contributed by atoms with Gasteiger partial charge in [-0.1, -0.05) is 30.0 Å². The SMILES string of the molecule is C=CCn1c(SCc2nc3ccccc3s2)nnc1-c1ccc(OC)cc1. The molecule has 0 fully saturated rings. The number of hydrogen-bond acceptors (Lipinski definition) is 6. The zero-order valence-electron chi connectivity index (χ0n) is 14.8. The van der Waals surface area contributed by atoms with Gasteiger partial charge in [-0.25, -0.2) is 4.98 Å². The van der Waals surface area contributed by atoms with Crippen LogP contribution in [0.25, 0.3) is 21.6 Å². The first-order valence-electron chi connectivity index (χ1n) is 8.44. The second kappa shape index (κ2) is 7.94. The average molecular weight is 395 g/mol. The van der Waals surface area contributed by atoms with Crippen molar-refractivity contribution in [1.82, 2.24) is 19.7 Å². The predicted octanol–water partition coefficient (Wildman–Crippen LogP) is 5.04. The summed E-state index contributed by atoms with van der Waals surface area (Å²) in [6, 6.07) is 16.0. The lowest BCUT2D eigenvalue weighted by atomic mass is 10.2. The van der Waals surface area contributed by atoms with E-state index in [-0.39, 0.29) is 0 Å². The Balaban J connectivity index is 1.58. The van der Waals surface area contributed by atoms with Crippen LogP contribution in [0.5, 0.6) is 5.75 Å². The summed E-state index contributed by atoms with van der Waals surface area (Å²) >= 11 is 3.36. The Morgan fingerprint density at radius 1 is 1.15 bits per heavy atom. The lowest BCUT2D eigenvalue weighted by Crippen LogP contribution is -2.00. The molecule has 2 heterocycles. The zero-order chi connectivity index (χ0) is 18.6. The van der Waals surface area contributed by atoms with Crippen LogP contribution in [0.3, 0.4) is 0 Å². The highest BCUT2D eigenvalue weighted by molar-refractivity contribution is 7.98. The van der Waals surface area contributed by atoms with Crippen molar-refractivity contribution in [2.24, 2.45) is 0 Å². The molecular formula is C20H18N4OS2. The van der Waals surface area contributed by atoms with Gasteiger partial charge in [0.15, 0.2) is 11.0 Å². The van der Waals surface area contributed by atoms with Crippen LogP contribution in [0.15, 0.2) is 66.3 Å². The van der Waals surface area contributed by atoms with E-state index >= 15 is 0 Å². The zero-order valence-corrected chi connectivity index (χ0v) is 16.5. The lowest BCUT2D eigenvalue weighted by Gasteiger charge is -2.08. The Labute approximate surface area is 165 Å². The molecule has 0 unspecified atom stereocenters. The van der Waals surface area contributed by atoms with E-state index in [9.17, 15) is 0 Å². The van der Waals surface area contributed by atoms with Gasteiger partial charge in [-0.15, -0.1) is 28.1 Å². The molecule has 5 nitrogen and oxygen atoms in total. The Kier molecular flexibility index (Phi) is 5.22. The Hall–Kier alpha value is -2.64. The number of rotatable bonds is 7.